The third-order valence-corrected chi connectivity index (χ3v) is 4.32. The summed E-state index contributed by atoms with van der Waals surface area (Å²) in [5, 5.41) is 15.0. The summed E-state index contributed by atoms with van der Waals surface area (Å²) in [4.78, 5) is 0. The highest BCUT2D eigenvalue weighted by Crippen LogP contribution is 2.19. The van der Waals surface area contributed by atoms with E-state index in [0.29, 0.717) is 6.26 Å². The van der Waals surface area contributed by atoms with Crippen molar-refractivity contribution in [3.8, 4) is 6.26 Å². The summed E-state index contributed by atoms with van der Waals surface area (Å²) in [7, 11) is 0. The first-order chi connectivity index (χ1) is 11.2. The van der Waals surface area contributed by atoms with Crippen molar-refractivity contribution in [3.05, 3.63) is 35.9 Å². The van der Waals surface area contributed by atoms with Crippen molar-refractivity contribution in [1.82, 2.24) is 0 Å². The molecule has 1 aromatic rings. The number of hydrogen-bond donors (Lipinski definition) is 0. The van der Waals surface area contributed by atoms with Crippen LogP contribution in [0.25, 0.3) is 0 Å². The van der Waals surface area contributed by atoms with Gasteiger partial charge in [-0.15, -0.1) is 0 Å². The van der Waals surface area contributed by atoms with Gasteiger partial charge >= 0.3 is 0 Å². The zero-order valence-corrected chi connectivity index (χ0v) is 15.3. The van der Waals surface area contributed by atoms with E-state index >= 15 is 0 Å². The summed E-state index contributed by atoms with van der Waals surface area (Å²) < 4.78 is 1.31. The fourth-order valence-electron chi connectivity index (χ4n) is 3.02. The summed E-state index contributed by atoms with van der Waals surface area (Å²) in [6, 6.07) is 11.1. The number of nitrogens with zero attached hydrogens (tertiary/aromatic N) is 2. The molecule has 0 heterocycles. The quantitative estimate of drug-likeness (QED) is 0.453. The standard InChI is InChI=1S/C19H34N.CHNO/c1-4-7-15-20(16-8-5-2,17-9-6-3)18-19-13-11-10-12-14-19;2-1-3/h10-14H,4-9,15-18H2,1-3H3;3H/q+1;/p-1. The van der Waals surface area contributed by atoms with Crippen LogP contribution in [0.4, 0.5) is 0 Å². The fraction of sp³-hybridized carbons (Fsp3) is 0.650. The molecular formula is C20H34N2O. The molecule has 0 spiro atoms. The molecule has 23 heavy (non-hydrogen) atoms. The van der Waals surface area contributed by atoms with Crippen LogP contribution in [-0.4, -0.2) is 24.1 Å². The average Bonchev–Trinajstić information content (AvgIpc) is 2.58. The van der Waals surface area contributed by atoms with Crippen LogP contribution in [0.2, 0.25) is 0 Å². The number of rotatable bonds is 11. The van der Waals surface area contributed by atoms with Crippen LogP contribution in [0.3, 0.4) is 0 Å². The van der Waals surface area contributed by atoms with E-state index in [1.165, 1.54) is 74.8 Å². The van der Waals surface area contributed by atoms with Crippen LogP contribution >= 0.6 is 0 Å². The highest BCUT2D eigenvalue weighted by molar-refractivity contribution is 5.13. The minimum Gasteiger partial charge on any atom is -0.812 e. The van der Waals surface area contributed by atoms with Crippen LogP contribution in [0.5, 0.6) is 0 Å². The summed E-state index contributed by atoms with van der Waals surface area (Å²) in [5.74, 6) is 0. The van der Waals surface area contributed by atoms with Gasteiger partial charge in [-0.3, -0.25) is 0 Å². The van der Waals surface area contributed by atoms with Crippen LogP contribution < -0.4 is 5.11 Å². The minimum absolute atomic E-state index is 0.500. The van der Waals surface area contributed by atoms with E-state index in [9.17, 15) is 0 Å². The molecule has 0 radical (unpaired) electrons. The van der Waals surface area contributed by atoms with Gasteiger partial charge in [-0.25, -0.2) is 5.26 Å². The van der Waals surface area contributed by atoms with Gasteiger partial charge in [-0.05, 0) is 19.3 Å². The number of quaternary nitrogens is 1. The predicted molar refractivity (Wildman–Crippen MR) is 95.3 cm³/mol. The molecule has 0 bridgehead atoms. The SMILES string of the molecule is CCCC[N+](CCCC)(CCCC)Cc1ccccc1.N#C[O-]. The van der Waals surface area contributed by atoms with Gasteiger partial charge in [0.25, 0.3) is 0 Å². The van der Waals surface area contributed by atoms with Gasteiger partial charge in [0.2, 0.25) is 0 Å². The Morgan fingerprint density at radius 1 is 0.870 bits per heavy atom. The van der Waals surface area contributed by atoms with Crippen LogP contribution in [0.1, 0.15) is 64.9 Å². The molecule has 0 saturated heterocycles. The lowest BCUT2D eigenvalue weighted by atomic mass is 10.1. The maximum absolute atomic E-state index is 8.24. The molecule has 0 aliphatic carbocycles. The van der Waals surface area contributed by atoms with E-state index < -0.39 is 0 Å². The molecule has 0 aromatic heterocycles. The summed E-state index contributed by atoms with van der Waals surface area (Å²) >= 11 is 0. The molecular weight excluding hydrogens is 284 g/mol. The topological polar surface area (TPSA) is 46.8 Å². The molecule has 0 fully saturated rings. The Bertz CT molecular complexity index is 390. The zero-order chi connectivity index (χ0) is 17.4. The first-order valence-electron chi connectivity index (χ1n) is 9.08. The Hall–Kier alpha value is -1.53. The third-order valence-electron chi connectivity index (χ3n) is 4.32. The van der Waals surface area contributed by atoms with Crippen molar-refractivity contribution in [2.45, 2.75) is 65.8 Å². The molecule has 0 atom stereocenters. The highest BCUT2D eigenvalue weighted by Gasteiger charge is 2.25. The molecule has 0 aliphatic heterocycles. The second-order valence-corrected chi connectivity index (χ2v) is 6.31. The molecule has 0 saturated carbocycles. The predicted octanol–water partition coefficient (Wildman–Crippen LogP) is 4.23. The second-order valence-electron chi connectivity index (χ2n) is 6.31. The maximum atomic E-state index is 8.24. The molecule has 3 nitrogen and oxygen atoms in total. The van der Waals surface area contributed by atoms with Crippen molar-refractivity contribution in [3.63, 3.8) is 0 Å². The molecule has 3 heteroatoms. The highest BCUT2D eigenvalue weighted by atomic mass is 16.2. The minimum atomic E-state index is 0.500. The van der Waals surface area contributed by atoms with Crippen LogP contribution in [-0.2, 0) is 6.54 Å². The van der Waals surface area contributed by atoms with E-state index in [4.69, 9.17) is 10.4 Å². The Kier molecular flexibility index (Phi) is 13.2. The zero-order valence-electron chi connectivity index (χ0n) is 15.3. The van der Waals surface area contributed by atoms with E-state index in [1.807, 2.05) is 0 Å². The van der Waals surface area contributed by atoms with Gasteiger partial charge in [0.1, 0.15) is 6.54 Å². The summed E-state index contributed by atoms with van der Waals surface area (Å²) in [6.07, 6.45) is 8.52. The average molecular weight is 319 g/mol. The van der Waals surface area contributed by atoms with Gasteiger partial charge in [0, 0.05) is 11.8 Å². The van der Waals surface area contributed by atoms with Crippen molar-refractivity contribution in [1.29, 1.82) is 5.26 Å². The first kappa shape index (κ1) is 21.5. The molecule has 0 N–H and O–H groups in total. The van der Waals surface area contributed by atoms with Gasteiger partial charge < -0.3 is 9.59 Å². The molecule has 0 aliphatic rings. The van der Waals surface area contributed by atoms with Crippen molar-refractivity contribution in [2.24, 2.45) is 0 Å². The number of benzene rings is 1. The number of nitriles is 1. The van der Waals surface area contributed by atoms with Crippen molar-refractivity contribution >= 4 is 0 Å². The lowest BCUT2D eigenvalue weighted by Gasteiger charge is -2.39. The number of unbranched alkanes of at least 4 members (excludes halogenated alkanes) is 3. The van der Waals surface area contributed by atoms with Gasteiger partial charge in [-0.2, -0.15) is 0 Å². The van der Waals surface area contributed by atoms with Crippen LogP contribution in [0, 0.1) is 11.5 Å². The Morgan fingerprint density at radius 3 is 1.61 bits per heavy atom. The lowest BCUT2D eigenvalue weighted by Crippen LogP contribution is -2.49. The van der Waals surface area contributed by atoms with E-state index in [2.05, 4.69) is 51.1 Å². The molecule has 0 amide bonds. The first-order valence-corrected chi connectivity index (χ1v) is 9.08. The van der Waals surface area contributed by atoms with Gasteiger partial charge in [-0.1, -0.05) is 70.4 Å². The molecule has 0 unspecified atom stereocenters. The van der Waals surface area contributed by atoms with E-state index in [1.54, 1.807) is 0 Å². The van der Waals surface area contributed by atoms with Gasteiger partial charge in [0.05, 0.1) is 19.6 Å². The van der Waals surface area contributed by atoms with Crippen LogP contribution in [0.15, 0.2) is 30.3 Å². The normalized spacial score (nSPS) is 10.5. The van der Waals surface area contributed by atoms with E-state index in [-0.39, 0.29) is 0 Å². The Morgan fingerprint density at radius 2 is 1.26 bits per heavy atom. The summed E-state index contributed by atoms with van der Waals surface area (Å²) in [5.41, 5.74) is 1.51. The largest absolute Gasteiger partial charge is 0.812 e. The monoisotopic (exact) mass is 318 g/mol. The smallest absolute Gasteiger partial charge is 0.104 e. The molecule has 1 rings (SSSR count). The van der Waals surface area contributed by atoms with Crippen molar-refractivity contribution < 1.29 is 9.59 Å². The lowest BCUT2D eigenvalue weighted by molar-refractivity contribution is -0.941. The van der Waals surface area contributed by atoms with Crippen molar-refractivity contribution in [2.75, 3.05) is 19.6 Å². The fourth-order valence-corrected chi connectivity index (χ4v) is 3.02. The maximum Gasteiger partial charge on any atom is 0.104 e. The summed E-state index contributed by atoms with van der Waals surface area (Å²) in [6.45, 7) is 12.2. The third kappa shape index (κ3) is 9.97. The second kappa shape index (κ2) is 14.1. The molecule has 1 aromatic carbocycles. The Balaban J connectivity index is 0.00000149. The molecule has 130 valence electrons. The van der Waals surface area contributed by atoms with Gasteiger partial charge in [0.15, 0.2) is 0 Å². The number of hydrogen-bond acceptors (Lipinski definition) is 2. The van der Waals surface area contributed by atoms with E-state index in [0.717, 1.165) is 0 Å². The Labute approximate surface area is 143 Å².